The summed E-state index contributed by atoms with van der Waals surface area (Å²) in [6.07, 6.45) is 0. The van der Waals surface area contributed by atoms with Crippen molar-refractivity contribution in [3.63, 3.8) is 0 Å². The molecule has 5 nitrogen and oxygen atoms in total. The van der Waals surface area contributed by atoms with Gasteiger partial charge >= 0.3 is 0 Å². The predicted octanol–water partition coefficient (Wildman–Crippen LogP) is 3.67. The van der Waals surface area contributed by atoms with Crippen molar-refractivity contribution in [3.8, 4) is 0 Å². The van der Waals surface area contributed by atoms with E-state index in [9.17, 15) is 4.79 Å². The van der Waals surface area contributed by atoms with E-state index in [2.05, 4.69) is 37.9 Å². The number of carbonyl (C=O) groups is 1. The molecule has 1 N–H and O–H groups in total. The van der Waals surface area contributed by atoms with Gasteiger partial charge in [-0.1, -0.05) is 40.2 Å². The number of methoxy groups -OCH3 is 1. The molecule has 2 aromatic carbocycles. The number of ether oxygens (including phenoxy) is 1. The average Bonchev–Trinajstić information content (AvgIpc) is 2.96. The third kappa shape index (κ3) is 4.08. The van der Waals surface area contributed by atoms with Crippen LogP contribution in [-0.2, 0) is 16.1 Å². The summed E-state index contributed by atoms with van der Waals surface area (Å²) in [6.45, 7) is 2.66. The van der Waals surface area contributed by atoms with Crippen LogP contribution in [0.5, 0.6) is 0 Å². The van der Waals surface area contributed by atoms with Crippen LogP contribution in [0.1, 0.15) is 24.4 Å². The van der Waals surface area contributed by atoms with Crippen molar-refractivity contribution in [3.05, 3.63) is 64.4 Å². The van der Waals surface area contributed by atoms with Gasteiger partial charge in [0.1, 0.15) is 12.4 Å². The van der Waals surface area contributed by atoms with Gasteiger partial charge in [0.15, 0.2) is 0 Å². The highest BCUT2D eigenvalue weighted by molar-refractivity contribution is 9.10. The summed E-state index contributed by atoms with van der Waals surface area (Å²) in [5.41, 5.74) is 3.14. The van der Waals surface area contributed by atoms with E-state index in [-0.39, 0.29) is 18.6 Å². The van der Waals surface area contributed by atoms with Gasteiger partial charge in [-0.15, -0.1) is 0 Å². The zero-order chi connectivity index (χ0) is 17.8. The van der Waals surface area contributed by atoms with Crippen LogP contribution in [0.3, 0.4) is 0 Å². The fourth-order valence-electron chi connectivity index (χ4n) is 2.84. The molecule has 0 spiro atoms. The van der Waals surface area contributed by atoms with E-state index < -0.39 is 0 Å². The molecule has 1 atom stereocenters. The Hall–Kier alpha value is -2.18. The first-order valence-corrected chi connectivity index (χ1v) is 8.85. The molecule has 1 heterocycles. The molecule has 0 saturated carbocycles. The number of fused-ring (bicyclic) bond motifs is 1. The van der Waals surface area contributed by atoms with Gasteiger partial charge in [-0.2, -0.15) is 0 Å². The Bertz CT molecular complexity index is 874. The summed E-state index contributed by atoms with van der Waals surface area (Å²) in [6, 6.07) is 16.0. The van der Waals surface area contributed by atoms with Gasteiger partial charge in [0, 0.05) is 18.1 Å². The molecule has 0 aliphatic rings. The number of nitrogens with zero attached hydrogens (tertiary/aromatic N) is 2. The van der Waals surface area contributed by atoms with Gasteiger partial charge in [-0.05, 0) is 36.8 Å². The van der Waals surface area contributed by atoms with Crippen LogP contribution in [0.4, 0.5) is 0 Å². The summed E-state index contributed by atoms with van der Waals surface area (Å²) in [4.78, 5) is 16.6. The Balaban J connectivity index is 1.96. The van der Waals surface area contributed by atoms with E-state index >= 15 is 0 Å². The minimum absolute atomic E-state index is 0.0390. The van der Waals surface area contributed by atoms with Crippen LogP contribution < -0.4 is 5.32 Å². The highest BCUT2D eigenvalue weighted by Crippen LogP contribution is 2.23. The maximum Gasteiger partial charge on any atom is 0.246 e. The number of hydrogen-bond donors (Lipinski definition) is 1. The van der Waals surface area contributed by atoms with Crippen LogP contribution in [0, 0.1) is 0 Å². The second-order valence-corrected chi connectivity index (χ2v) is 6.81. The number of halogens is 1. The maximum atomic E-state index is 11.9. The van der Waals surface area contributed by atoms with Crippen molar-refractivity contribution in [2.24, 2.45) is 0 Å². The number of para-hydroxylation sites is 2. The number of imidazole rings is 1. The lowest BCUT2D eigenvalue weighted by atomic mass is 10.2. The van der Waals surface area contributed by atoms with Gasteiger partial charge < -0.3 is 14.6 Å². The number of carbonyl (C=O) groups excluding carboxylic acids is 1. The fourth-order valence-corrected chi connectivity index (χ4v) is 3.11. The predicted molar refractivity (Wildman–Crippen MR) is 101 cm³/mol. The van der Waals surface area contributed by atoms with Crippen molar-refractivity contribution in [2.45, 2.75) is 19.5 Å². The van der Waals surface area contributed by atoms with Gasteiger partial charge in [-0.3, -0.25) is 4.79 Å². The topological polar surface area (TPSA) is 56.1 Å². The lowest BCUT2D eigenvalue weighted by Crippen LogP contribution is -2.31. The lowest BCUT2D eigenvalue weighted by molar-refractivity contribution is -0.125. The first-order chi connectivity index (χ1) is 12.1. The second kappa shape index (κ2) is 7.80. The van der Waals surface area contributed by atoms with Gasteiger partial charge in [0.2, 0.25) is 5.91 Å². The standard InChI is InChI=1S/C19H20BrN3O2/c1-13(21-18(24)12-25-2)19-22-16-5-3-4-6-17(16)23(19)11-14-7-9-15(20)10-8-14/h3-10,13H,11-12H2,1-2H3,(H,21,24). The van der Waals surface area contributed by atoms with E-state index in [1.165, 1.54) is 12.7 Å². The largest absolute Gasteiger partial charge is 0.375 e. The molecule has 0 fully saturated rings. The number of hydrogen-bond acceptors (Lipinski definition) is 3. The van der Waals surface area contributed by atoms with Crippen molar-refractivity contribution in [1.82, 2.24) is 14.9 Å². The molecule has 1 amide bonds. The van der Waals surface area contributed by atoms with Crippen LogP contribution in [0.25, 0.3) is 11.0 Å². The second-order valence-electron chi connectivity index (χ2n) is 5.89. The molecular weight excluding hydrogens is 382 g/mol. The summed E-state index contributed by atoms with van der Waals surface area (Å²) in [5.74, 6) is 0.672. The molecule has 0 bridgehead atoms. The maximum absolute atomic E-state index is 11.9. The van der Waals surface area contributed by atoms with Crippen LogP contribution in [0.2, 0.25) is 0 Å². The van der Waals surface area contributed by atoms with E-state index in [1.807, 2.05) is 43.3 Å². The molecule has 6 heteroatoms. The van der Waals surface area contributed by atoms with Crippen molar-refractivity contribution < 1.29 is 9.53 Å². The highest BCUT2D eigenvalue weighted by Gasteiger charge is 2.18. The molecule has 1 unspecified atom stereocenters. The number of aromatic nitrogens is 2. The summed E-state index contributed by atoms with van der Waals surface area (Å²) < 4.78 is 8.09. The first-order valence-electron chi connectivity index (χ1n) is 8.06. The van der Waals surface area contributed by atoms with Gasteiger partial charge in [0.05, 0.1) is 17.1 Å². The first kappa shape index (κ1) is 17.6. The van der Waals surface area contributed by atoms with E-state index in [4.69, 9.17) is 9.72 Å². The number of rotatable bonds is 6. The molecule has 3 rings (SSSR count). The van der Waals surface area contributed by atoms with Crippen LogP contribution >= 0.6 is 15.9 Å². The van der Waals surface area contributed by atoms with Gasteiger partial charge in [0.25, 0.3) is 0 Å². The van der Waals surface area contributed by atoms with Crippen LogP contribution in [-0.4, -0.2) is 29.2 Å². The summed E-state index contributed by atoms with van der Waals surface area (Å²) >= 11 is 3.46. The van der Waals surface area contributed by atoms with E-state index in [1.54, 1.807) is 0 Å². The monoisotopic (exact) mass is 401 g/mol. The molecule has 0 radical (unpaired) electrons. The smallest absolute Gasteiger partial charge is 0.246 e. The van der Waals surface area contributed by atoms with Crippen molar-refractivity contribution in [2.75, 3.05) is 13.7 Å². The Kier molecular flexibility index (Phi) is 5.50. The quantitative estimate of drug-likeness (QED) is 0.685. The summed E-state index contributed by atoms with van der Waals surface area (Å²) in [5, 5.41) is 2.94. The minimum Gasteiger partial charge on any atom is -0.375 e. The van der Waals surface area contributed by atoms with Crippen molar-refractivity contribution >= 4 is 32.9 Å². The van der Waals surface area contributed by atoms with E-state index in [0.29, 0.717) is 6.54 Å². The molecular formula is C19H20BrN3O2. The van der Waals surface area contributed by atoms with Gasteiger partial charge in [-0.25, -0.2) is 4.98 Å². The normalized spacial score (nSPS) is 12.3. The molecule has 1 aromatic heterocycles. The number of amides is 1. The molecule has 130 valence electrons. The zero-order valence-electron chi connectivity index (χ0n) is 14.2. The molecule has 25 heavy (non-hydrogen) atoms. The average molecular weight is 402 g/mol. The molecule has 0 saturated heterocycles. The number of nitrogens with one attached hydrogen (secondary N) is 1. The Morgan fingerprint density at radius 2 is 1.96 bits per heavy atom. The lowest BCUT2D eigenvalue weighted by Gasteiger charge is -2.16. The highest BCUT2D eigenvalue weighted by atomic mass is 79.9. The fraction of sp³-hybridized carbons (Fsp3) is 0.263. The Morgan fingerprint density at radius 1 is 1.24 bits per heavy atom. The minimum atomic E-state index is -0.217. The molecule has 0 aliphatic carbocycles. The zero-order valence-corrected chi connectivity index (χ0v) is 15.8. The third-order valence-electron chi connectivity index (χ3n) is 3.98. The Morgan fingerprint density at radius 3 is 2.68 bits per heavy atom. The van der Waals surface area contributed by atoms with Crippen molar-refractivity contribution in [1.29, 1.82) is 0 Å². The van der Waals surface area contributed by atoms with Crippen LogP contribution in [0.15, 0.2) is 53.0 Å². The third-order valence-corrected chi connectivity index (χ3v) is 4.51. The number of benzene rings is 2. The SMILES string of the molecule is COCC(=O)NC(C)c1nc2ccccc2n1Cc1ccc(Br)cc1. The Labute approximate surface area is 155 Å². The molecule has 0 aliphatic heterocycles. The summed E-state index contributed by atoms with van der Waals surface area (Å²) in [7, 11) is 1.51. The molecule has 3 aromatic rings. The van der Waals surface area contributed by atoms with E-state index in [0.717, 1.165) is 21.3 Å².